The van der Waals surface area contributed by atoms with Gasteiger partial charge in [-0.1, -0.05) is 19.9 Å². The molecule has 0 bridgehead atoms. The minimum atomic E-state index is -3.14. The minimum absolute atomic E-state index is 0.0508. The maximum atomic E-state index is 11.9. The van der Waals surface area contributed by atoms with Gasteiger partial charge in [0.15, 0.2) is 21.3 Å². The predicted molar refractivity (Wildman–Crippen MR) is 73.0 cm³/mol. The summed E-state index contributed by atoms with van der Waals surface area (Å²) in [5.41, 5.74) is 6.72. The van der Waals surface area contributed by atoms with E-state index in [0.29, 0.717) is 11.5 Å². The predicted octanol–water partition coefficient (Wildman–Crippen LogP) is 1.49. The maximum Gasteiger partial charge on any atom is 0.231 e. The van der Waals surface area contributed by atoms with Gasteiger partial charge < -0.3 is 15.2 Å². The fourth-order valence-electron chi connectivity index (χ4n) is 2.09. The Morgan fingerprint density at radius 2 is 1.89 bits per heavy atom. The first-order valence-corrected chi connectivity index (χ1v) is 8.05. The first kappa shape index (κ1) is 14.1. The van der Waals surface area contributed by atoms with Crippen LogP contribution in [0.25, 0.3) is 0 Å². The van der Waals surface area contributed by atoms with Crippen LogP contribution in [0.2, 0.25) is 0 Å². The van der Waals surface area contributed by atoms with Gasteiger partial charge in [0.1, 0.15) is 0 Å². The number of sulfone groups is 1. The second kappa shape index (κ2) is 5.38. The van der Waals surface area contributed by atoms with Crippen molar-refractivity contribution in [2.45, 2.75) is 19.9 Å². The molecule has 0 saturated heterocycles. The molecule has 0 radical (unpaired) electrons. The van der Waals surface area contributed by atoms with Gasteiger partial charge in [-0.05, 0) is 23.6 Å². The van der Waals surface area contributed by atoms with Crippen LogP contribution >= 0.6 is 0 Å². The standard InChI is InChI=1S/C13H19NO4S/c1-9(2)6-19(15,16)7-11(14)10-3-4-12-13(5-10)18-8-17-12/h3-5,9,11H,6-8,14H2,1-2H3. The number of rotatable bonds is 5. The quantitative estimate of drug-likeness (QED) is 0.886. The fourth-order valence-corrected chi connectivity index (χ4v) is 3.98. The minimum Gasteiger partial charge on any atom is -0.454 e. The van der Waals surface area contributed by atoms with Crippen molar-refractivity contribution in [1.29, 1.82) is 0 Å². The van der Waals surface area contributed by atoms with E-state index in [0.717, 1.165) is 5.56 Å². The third-order valence-corrected chi connectivity index (χ3v) is 4.89. The van der Waals surface area contributed by atoms with E-state index in [1.807, 2.05) is 13.8 Å². The van der Waals surface area contributed by atoms with Crippen molar-refractivity contribution in [3.63, 3.8) is 0 Å². The SMILES string of the molecule is CC(C)CS(=O)(=O)CC(N)c1ccc2c(c1)OCO2. The van der Waals surface area contributed by atoms with Crippen molar-refractivity contribution in [1.82, 2.24) is 0 Å². The van der Waals surface area contributed by atoms with E-state index in [-0.39, 0.29) is 24.2 Å². The zero-order chi connectivity index (χ0) is 14.0. The van der Waals surface area contributed by atoms with Gasteiger partial charge in [0.25, 0.3) is 0 Å². The molecule has 1 aliphatic heterocycles. The van der Waals surface area contributed by atoms with Crippen molar-refractivity contribution in [3.05, 3.63) is 23.8 Å². The Morgan fingerprint density at radius 3 is 2.58 bits per heavy atom. The molecular formula is C13H19NO4S. The van der Waals surface area contributed by atoms with Crippen LogP contribution in [-0.4, -0.2) is 26.7 Å². The van der Waals surface area contributed by atoms with Gasteiger partial charge in [-0.25, -0.2) is 8.42 Å². The third kappa shape index (κ3) is 3.61. The molecule has 5 nitrogen and oxygen atoms in total. The maximum absolute atomic E-state index is 11.9. The summed E-state index contributed by atoms with van der Waals surface area (Å²) in [6.45, 7) is 3.95. The van der Waals surface area contributed by atoms with E-state index < -0.39 is 15.9 Å². The number of hydrogen-bond donors (Lipinski definition) is 1. The highest BCUT2D eigenvalue weighted by atomic mass is 32.2. The molecule has 0 spiro atoms. The molecule has 106 valence electrons. The number of ether oxygens (including phenoxy) is 2. The molecule has 0 amide bonds. The Labute approximate surface area is 113 Å². The lowest BCUT2D eigenvalue weighted by atomic mass is 10.1. The molecule has 0 aromatic heterocycles. The van der Waals surface area contributed by atoms with E-state index >= 15 is 0 Å². The lowest BCUT2D eigenvalue weighted by Gasteiger charge is -2.14. The monoisotopic (exact) mass is 285 g/mol. The van der Waals surface area contributed by atoms with Crippen LogP contribution < -0.4 is 15.2 Å². The lowest BCUT2D eigenvalue weighted by Crippen LogP contribution is -2.25. The topological polar surface area (TPSA) is 78.6 Å². The molecular weight excluding hydrogens is 266 g/mol. The highest BCUT2D eigenvalue weighted by molar-refractivity contribution is 7.91. The Bertz CT molecular complexity index is 554. The summed E-state index contributed by atoms with van der Waals surface area (Å²) in [7, 11) is -3.14. The molecule has 2 N–H and O–H groups in total. The highest BCUT2D eigenvalue weighted by Gasteiger charge is 2.21. The van der Waals surface area contributed by atoms with Crippen LogP contribution in [-0.2, 0) is 9.84 Å². The van der Waals surface area contributed by atoms with E-state index in [4.69, 9.17) is 15.2 Å². The van der Waals surface area contributed by atoms with Crippen LogP contribution in [0, 0.1) is 5.92 Å². The smallest absolute Gasteiger partial charge is 0.231 e. The van der Waals surface area contributed by atoms with Gasteiger partial charge in [0.2, 0.25) is 6.79 Å². The van der Waals surface area contributed by atoms with Crippen molar-refractivity contribution >= 4 is 9.84 Å². The molecule has 2 rings (SSSR count). The molecule has 1 aromatic rings. The van der Waals surface area contributed by atoms with Crippen LogP contribution in [0.1, 0.15) is 25.5 Å². The molecule has 0 aliphatic carbocycles. The van der Waals surface area contributed by atoms with Gasteiger partial charge in [-0.15, -0.1) is 0 Å². The summed E-state index contributed by atoms with van der Waals surface area (Å²) >= 11 is 0. The van der Waals surface area contributed by atoms with Crippen molar-refractivity contribution in [3.8, 4) is 11.5 Å². The molecule has 1 atom stereocenters. The summed E-state index contributed by atoms with van der Waals surface area (Å²) in [6, 6.07) is 4.74. The van der Waals surface area contributed by atoms with E-state index in [2.05, 4.69) is 0 Å². The third-order valence-electron chi connectivity index (χ3n) is 2.85. The normalized spacial score (nSPS) is 15.8. The first-order valence-electron chi connectivity index (χ1n) is 6.23. The second-order valence-electron chi connectivity index (χ2n) is 5.19. The van der Waals surface area contributed by atoms with E-state index in [1.54, 1.807) is 18.2 Å². The average Bonchev–Trinajstić information content (AvgIpc) is 2.72. The van der Waals surface area contributed by atoms with Gasteiger partial charge in [0.05, 0.1) is 11.5 Å². The van der Waals surface area contributed by atoms with Gasteiger partial charge >= 0.3 is 0 Å². The van der Waals surface area contributed by atoms with E-state index in [9.17, 15) is 8.42 Å². The number of nitrogens with two attached hydrogens (primary N) is 1. The van der Waals surface area contributed by atoms with Crippen LogP contribution in [0.3, 0.4) is 0 Å². The van der Waals surface area contributed by atoms with Crippen LogP contribution in [0.5, 0.6) is 11.5 Å². The van der Waals surface area contributed by atoms with Crippen molar-refractivity contribution in [2.75, 3.05) is 18.3 Å². The molecule has 1 aliphatic rings. The molecule has 0 fully saturated rings. The summed E-state index contributed by atoms with van der Waals surface area (Å²) in [6.07, 6.45) is 0. The molecule has 1 heterocycles. The van der Waals surface area contributed by atoms with Crippen molar-refractivity contribution in [2.24, 2.45) is 11.7 Å². The largest absolute Gasteiger partial charge is 0.454 e. The van der Waals surface area contributed by atoms with Crippen LogP contribution in [0.4, 0.5) is 0 Å². The van der Waals surface area contributed by atoms with Gasteiger partial charge in [-0.3, -0.25) is 0 Å². The Hall–Kier alpha value is -1.27. The van der Waals surface area contributed by atoms with Gasteiger partial charge in [-0.2, -0.15) is 0 Å². The summed E-state index contributed by atoms with van der Waals surface area (Å²) in [5.74, 6) is 1.50. The number of fused-ring (bicyclic) bond motifs is 1. The first-order chi connectivity index (χ1) is 8.87. The fraction of sp³-hybridized carbons (Fsp3) is 0.538. The highest BCUT2D eigenvalue weighted by Crippen LogP contribution is 2.34. The molecule has 0 saturated carbocycles. The van der Waals surface area contributed by atoms with Crippen LogP contribution in [0.15, 0.2) is 18.2 Å². The van der Waals surface area contributed by atoms with E-state index in [1.165, 1.54) is 0 Å². The van der Waals surface area contributed by atoms with Crippen molar-refractivity contribution < 1.29 is 17.9 Å². The molecule has 1 unspecified atom stereocenters. The second-order valence-corrected chi connectivity index (χ2v) is 7.34. The zero-order valence-corrected chi connectivity index (χ0v) is 11.9. The Balaban J connectivity index is 2.10. The number of hydrogen-bond acceptors (Lipinski definition) is 5. The summed E-state index contributed by atoms with van der Waals surface area (Å²) < 4.78 is 34.3. The summed E-state index contributed by atoms with van der Waals surface area (Å²) in [4.78, 5) is 0. The molecule has 1 aromatic carbocycles. The average molecular weight is 285 g/mol. The molecule has 6 heteroatoms. The zero-order valence-electron chi connectivity index (χ0n) is 11.1. The summed E-state index contributed by atoms with van der Waals surface area (Å²) in [5, 5.41) is 0. The lowest BCUT2D eigenvalue weighted by molar-refractivity contribution is 0.174. The Morgan fingerprint density at radius 1 is 1.21 bits per heavy atom. The number of benzene rings is 1. The van der Waals surface area contributed by atoms with Gasteiger partial charge in [0, 0.05) is 6.04 Å². The Kier molecular flexibility index (Phi) is 4.01. The molecule has 19 heavy (non-hydrogen) atoms.